The Balaban J connectivity index is 1.92. The summed E-state index contributed by atoms with van der Waals surface area (Å²) in [7, 11) is -1.69. The van der Waals surface area contributed by atoms with Gasteiger partial charge < -0.3 is 25.4 Å². The molecule has 0 spiro atoms. The van der Waals surface area contributed by atoms with Gasteiger partial charge in [-0.15, -0.1) is 0 Å². The number of carbonyl (C=O) groups is 2. The highest BCUT2D eigenvalue weighted by atomic mass is 16.5. The lowest BCUT2D eigenvalue weighted by molar-refractivity contribution is -0.122. The van der Waals surface area contributed by atoms with Crippen LogP contribution in [0.2, 0.25) is 0 Å². The molecule has 34 heavy (non-hydrogen) atoms. The lowest BCUT2D eigenvalue weighted by Crippen LogP contribution is -2.48. The van der Waals surface area contributed by atoms with Crippen molar-refractivity contribution in [3.05, 3.63) is 77.0 Å². The lowest BCUT2D eigenvalue weighted by atomic mass is 9.76. The first-order valence-corrected chi connectivity index (χ1v) is 10.9. The first-order chi connectivity index (χ1) is 16.3. The molecule has 0 saturated carbocycles. The first kappa shape index (κ1) is 26.4. The van der Waals surface area contributed by atoms with E-state index in [2.05, 4.69) is 16.4 Å². The third-order valence-electron chi connectivity index (χ3n) is 4.60. The van der Waals surface area contributed by atoms with Crippen LogP contribution in [0, 0.1) is 11.3 Å². The van der Waals surface area contributed by atoms with Crippen LogP contribution < -0.4 is 15.4 Å². The van der Waals surface area contributed by atoms with Crippen LogP contribution in [-0.4, -0.2) is 47.6 Å². The molecule has 176 valence electrons. The number of ether oxygens (including phenoxy) is 1. The Labute approximate surface area is 199 Å². The highest BCUT2D eigenvalue weighted by Gasteiger charge is 2.25. The Morgan fingerprint density at radius 1 is 1.12 bits per heavy atom. The molecule has 2 amide bonds. The zero-order valence-electron chi connectivity index (χ0n) is 19.2. The molecule has 0 radical (unpaired) electrons. The molecule has 0 heterocycles. The summed E-state index contributed by atoms with van der Waals surface area (Å²) >= 11 is 0. The molecule has 4 N–H and O–H groups in total. The van der Waals surface area contributed by atoms with E-state index in [4.69, 9.17) is 10.00 Å². The summed E-state index contributed by atoms with van der Waals surface area (Å²) in [5, 5.41) is 33.6. The predicted octanol–water partition coefficient (Wildman–Crippen LogP) is 1.78. The van der Waals surface area contributed by atoms with Crippen LogP contribution in [0.3, 0.4) is 0 Å². The predicted molar refractivity (Wildman–Crippen MR) is 129 cm³/mol. The number of carbonyl (C=O) groups excluding carboxylic acids is 2. The summed E-state index contributed by atoms with van der Waals surface area (Å²) in [6, 6.07) is 17.9. The molecule has 0 aliphatic carbocycles. The second-order valence-corrected chi connectivity index (χ2v) is 7.85. The van der Waals surface area contributed by atoms with Gasteiger partial charge in [0, 0.05) is 6.04 Å². The van der Waals surface area contributed by atoms with Crippen LogP contribution in [0.25, 0.3) is 6.08 Å². The van der Waals surface area contributed by atoms with Crippen molar-refractivity contribution in [1.82, 2.24) is 10.6 Å². The molecule has 0 unspecified atom stereocenters. The monoisotopic (exact) mass is 461 g/mol. The van der Waals surface area contributed by atoms with E-state index in [0.717, 1.165) is 5.56 Å². The molecule has 0 bridgehead atoms. The Hall–Kier alpha value is -3.83. The molecule has 2 aromatic carbocycles. The summed E-state index contributed by atoms with van der Waals surface area (Å²) in [6.45, 7) is 3.68. The van der Waals surface area contributed by atoms with Crippen molar-refractivity contribution >= 4 is 25.0 Å². The zero-order chi connectivity index (χ0) is 24.9. The van der Waals surface area contributed by atoms with E-state index < -0.39 is 19.0 Å². The first-order valence-electron chi connectivity index (χ1n) is 10.9. The van der Waals surface area contributed by atoms with Gasteiger partial charge in [-0.05, 0) is 49.6 Å². The zero-order valence-corrected chi connectivity index (χ0v) is 19.2. The van der Waals surface area contributed by atoms with Crippen LogP contribution in [-0.2, 0) is 16.0 Å². The number of hydrogen-bond donors (Lipinski definition) is 4. The molecule has 0 aromatic heterocycles. The summed E-state index contributed by atoms with van der Waals surface area (Å²) in [6.07, 6.45) is 1.81. The highest BCUT2D eigenvalue weighted by Crippen LogP contribution is 2.15. The second kappa shape index (κ2) is 13.7. The molecule has 9 heteroatoms. The molecule has 2 aromatic rings. The van der Waals surface area contributed by atoms with E-state index in [-0.39, 0.29) is 37.0 Å². The van der Waals surface area contributed by atoms with E-state index >= 15 is 0 Å². The fourth-order valence-electron chi connectivity index (χ4n) is 2.97. The van der Waals surface area contributed by atoms with Gasteiger partial charge in [-0.1, -0.05) is 48.2 Å². The maximum atomic E-state index is 12.3. The molecule has 0 fully saturated rings. The maximum absolute atomic E-state index is 12.3. The van der Waals surface area contributed by atoms with Gasteiger partial charge in [-0.25, -0.2) is 0 Å². The Bertz CT molecular complexity index is 1070. The minimum atomic E-state index is -1.69. The van der Waals surface area contributed by atoms with Gasteiger partial charge >= 0.3 is 7.12 Å². The highest BCUT2D eigenvalue weighted by molar-refractivity contribution is 6.43. The average Bonchev–Trinajstić information content (AvgIpc) is 2.79. The Morgan fingerprint density at radius 3 is 2.50 bits per heavy atom. The standard InChI is InChI=1S/C25H28BN3O5/c1-18(2)28-25(31)21(17-27)12-11-20-9-6-10-22(15-20)34-14-13-24(30)29-23(26(32)33)16-19-7-4-3-5-8-19/h3-11,15,18,23,32-33H,13-14,16H2,1-2H3,(H,28,31)(H,29,30)/t12?,23-/m0/s1. The molecular weight excluding hydrogens is 433 g/mol. The van der Waals surface area contributed by atoms with Crippen molar-refractivity contribution in [1.29, 1.82) is 5.26 Å². The molecule has 0 aliphatic rings. The van der Waals surface area contributed by atoms with Crippen molar-refractivity contribution in [2.24, 2.45) is 0 Å². The van der Waals surface area contributed by atoms with Gasteiger partial charge in [0.05, 0.1) is 19.0 Å². The summed E-state index contributed by atoms with van der Waals surface area (Å²) in [5.41, 5.74) is 4.10. The van der Waals surface area contributed by atoms with Crippen LogP contribution in [0.4, 0.5) is 0 Å². The SMILES string of the molecule is CC(C)NC(=O)C(=C=Cc1cccc(OCCC(=O)N[C@@H](Cc2ccccc2)B(O)O)c1)C#N. The number of benzene rings is 2. The Kier molecular flexibility index (Phi) is 10.6. The van der Waals surface area contributed by atoms with Crippen LogP contribution >= 0.6 is 0 Å². The number of nitriles is 1. The van der Waals surface area contributed by atoms with Crippen molar-refractivity contribution in [2.75, 3.05) is 6.61 Å². The van der Waals surface area contributed by atoms with Crippen molar-refractivity contribution in [3.8, 4) is 11.8 Å². The van der Waals surface area contributed by atoms with Crippen molar-refractivity contribution in [2.45, 2.75) is 38.7 Å². The normalized spacial score (nSPS) is 10.9. The Morgan fingerprint density at radius 2 is 1.85 bits per heavy atom. The molecule has 1 atom stereocenters. The number of amides is 2. The fraction of sp³-hybridized carbons (Fsp3) is 0.280. The number of nitrogens with zero attached hydrogens (tertiary/aromatic N) is 1. The third-order valence-corrected chi connectivity index (χ3v) is 4.60. The summed E-state index contributed by atoms with van der Waals surface area (Å²) in [4.78, 5) is 24.2. The molecule has 2 rings (SSSR count). The molecule has 8 nitrogen and oxygen atoms in total. The number of nitrogens with one attached hydrogen (secondary N) is 2. The molecule has 0 aliphatic heterocycles. The topological polar surface area (TPSA) is 132 Å². The minimum absolute atomic E-state index is 0.0198. The fourth-order valence-corrected chi connectivity index (χ4v) is 2.97. The van der Waals surface area contributed by atoms with Crippen LogP contribution in [0.15, 0.2) is 65.9 Å². The third kappa shape index (κ3) is 9.35. The van der Waals surface area contributed by atoms with Gasteiger partial charge in [0.25, 0.3) is 5.91 Å². The van der Waals surface area contributed by atoms with Gasteiger partial charge in [-0.2, -0.15) is 5.26 Å². The quantitative estimate of drug-likeness (QED) is 0.175. The summed E-state index contributed by atoms with van der Waals surface area (Å²) < 4.78 is 5.63. The van der Waals surface area contributed by atoms with E-state index in [1.165, 1.54) is 6.08 Å². The van der Waals surface area contributed by atoms with Gasteiger partial charge in [0.2, 0.25) is 5.91 Å². The van der Waals surface area contributed by atoms with Crippen molar-refractivity contribution < 1.29 is 24.4 Å². The van der Waals surface area contributed by atoms with E-state index in [1.807, 2.05) is 36.4 Å². The average molecular weight is 461 g/mol. The number of hydrogen-bond acceptors (Lipinski definition) is 6. The lowest BCUT2D eigenvalue weighted by Gasteiger charge is -2.18. The van der Waals surface area contributed by atoms with Crippen LogP contribution in [0.5, 0.6) is 5.75 Å². The number of rotatable bonds is 11. The second-order valence-electron chi connectivity index (χ2n) is 7.85. The minimum Gasteiger partial charge on any atom is -0.493 e. The van der Waals surface area contributed by atoms with Crippen molar-refractivity contribution in [3.63, 3.8) is 0 Å². The van der Waals surface area contributed by atoms with E-state index in [0.29, 0.717) is 11.3 Å². The summed E-state index contributed by atoms with van der Waals surface area (Å²) in [5.74, 6) is -1.21. The maximum Gasteiger partial charge on any atom is 0.475 e. The van der Waals surface area contributed by atoms with Gasteiger partial charge in [0.1, 0.15) is 11.8 Å². The smallest absolute Gasteiger partial charge is 0.475 e. The van der Waals surface area contributed by atoms with E-state index in [1.54, 1.807) is 38.1 Å². The van der Waals surface area contributed by atoms with Gasteiger partial charge in [0.15, 0.2) is 5.57 Å². The molecule has 0 saturated heterocycles. The largest absolute Gasteiger partial charge is 0.493 e. The molecular formula is C25H28BN3O5. The van der Waals surface area contributed by atoms with E-state index in [9.17, 15) is 19.6 Å². The van der Waals surface area contributed by atoms with Crippen LogP contribution in [0.1, 0.15) is 31.4 Å². The van der Waals surface area contributed by atoms with Gasteiger partial charge in [-0.3, -0.25) is 9.59 Å².